The Morgan fingerprint density at radius 3 is 2.61 bits per heavy atom. The molecule has 0 saturated heterocycles. The van der Waals surface area contributed by atoms with Crippen molar-refractivity contribution in [2.75, 3.05) is 0 Å². The van der Waals surface area contributed by atoms with Gasteiger partial charge in [0.05, 0.1) is 11.2 Å². The number of hydrogen-bond acceptors (Lipinski definition) is 3. The number of fused-ring (bicyclic) bond motifs is 6. The maximum Gasteiger partial charge on any atom is 0.124 e. The van der Waals surface area contributed by atoms with E-state index in [0.717, 1.165) is 16.0 Å². The molecule has 0 aliphatic carbocycles. The van der Waals surface area contributed by atoms with Gasteiger partial charge in [0.1, 0.15) is 4.83 Å². The summed E-state index contributed by atoms with van der Waals surface area (Å²) in [6, 6.07) is 25.8. The largest absolute Gasteiger partial charge is 0.248 e. The minimum Gasteiger partial charge on any atom is -0.248 e. The molecule has 0 atom stereocenters. The number of aromatic nitrogens is 2. The average molecular weight is 376 g/mol. The third-order valence-corrected chi connectivity index (χ3v) is 6.53. The number of thiophene rings is 1. The second-order valence-corrected chi connectivity index (χ2v) is 8.20. The van der Waals surface area contributed by atoms with E-state index >= 15 is 0 Å². The Hall–Kier alpha value is -3.30. The average Bonchev–Trinajstić information content (AvgIpc) is 3.11. The first kappa shape index (κ1) is 15.7. The van der Waals surface area contributed by atoms with Crippen LogP contribution in [0.1, 0.15) is 5.56 Å². The van der Waals surface area contributed by atoms with Gasteiger partial charge in [0, 0.05) is 32.6 Å². The SMILES string of the molecule is Cc1cc(-c2ccc3c(ccc4ccccc43)n2)c2sc3ncccc3c2c1. The molecule has 0 aliphatic rings. The van der Waals surface area contributed by atoms with Crippen molar-refractivity contribution in [1.82, 2.24) is 9.97 Å². The van der Waals surface area contributed by atoms with Gasteiger partial charge in [-0.05, 0) is 59.7 Å². The highest BCUT2D eigenvalue weighted by Crippen LogP contribution is 2.40. The lowest BCUT2D eigenvalue weighted by Gasteiger charge is -2.08. The number of pyridine rings is 2. The third kappa shape index (κ3) is 2.26. The van der Waals surface area contributed by atoms with Crippen LogP contribution in [0.2, 0.25) is 0 Å². The van der Waals surface area contributed by atoms with E-state index in [4.69, 9.17) is 4.98 Å². The number of hydrogen-bond donors (Lipinski definition) is 0. The molecule has 3 heterocycles. The summed E-state index contributed by atoms with van der Waals surface area (Å²) < 4.78 is 1.26. The Labute approximate surface area is 166 Å². The fourth-order valence-corrected chi connectivity index (χ4v) is 5.23. The molecule has 0 bridgehead atoms. The van der Waals surface area contributed by atoms with Crippen LogP contribution in [0.25, 0.3) is 53.2 Å². The van der Waals surface area contributed by atoms with Gasteiger partial charge in [-0.15, -0.1) is 11.3 Å². The molecule has 132 valence electrons. The number of nitrogens with zero attached hydrogens (tertiary/aromatic N) is 2. The molecule has 0 radical (unpaired) electrons. The highest BCUT2D eigenvalue weighted by atomic mass is 32.1. The first-order valence-corrected chi connectivity index (χ1v) is 10.2. The molecule has 3 aromatic carbocycles. The van der Waals surface area contributed by atoms with E-state index < -0.39 is 0 Å². The molecule has 0 N–H and O–H groups in total. The van der Waals surface area contributed by atoms with Gasteiger partial charge in [-0.2, -0.15) is 0 Å². The second kappa shape index (κ2) is 5.85. The first-order valence-electron chi connectivity index (χ1n) is 9.35. The van der Waals surface area contributed by atoms with E-state index in [2.05, 4.69) is 78.6 Å². The summed E-state index contributed by atoms with van der Waals surface area (Å²) >= 11 is 1.75. The minimum absolute atomic E-state index is 1.02. The first-order chi connectivity index (χ1) is 13.8. The number of aryl methyl sites for hydroxylation is 1. The second-order valence-electron chi connectivity index (χ2n) is 7.20. The summed E-state index contributed by atoms with van der Waals surface area (Å²) in [4.78, 5) is 10.7. The molecule has 6 rings (SSSR count). The minimum atomic E-state index is 1.02. The summed E-state index contributed by atoms with van der Waals surface area (Å²) in [7, 11) is 0. The predicted octanol–water partition coefficient (Wildman–Crippen LogP) is 7.13. The van der Waals surface area contributed by atoms with Crippen LogP contribution in [0.15, 0.2) is 79.0 Å². The van der Waals surface area contributed by atoms with Gasteiger partial charge in [-0.3, -0.25) is 0 Å². The molecule has 0 amide bonds. The topological polar surface area (TPSA) is 25.8 Å². The van der Waals surface area contributed by atoms with Crippen molar-refractivity contribution in [2.45, 2.75) is 6.92 Å². The maximum absolute atomic E-state index is 5.04. The van der Waals surface area contributed by atoms with Gasteiger partial charge in [0.15, 0.2) is 0 Å². The normalized spacial score (nSPS) is 11.8. The zero-order valence-corrected chi connectivity index (χ0v) is 16.1. The molecule has 28 heavy (non-hydrogen) atoms. The van der Waals surface area contributed by atoms with Gasteiger partial charge in [0.2, 0.25) is 0 Å². The van der Waals surface area contributed by atoms with Gasteiger partial charge in [-0.1, -0.05) is 36.4 Å². The van der Waals surface area contributed by atoms with Crippen molar-refractivity contribution in [3.05, 3.63) is 84.6 Å². The van der Waals surface area contributed by atoms with Crippen molar-refractivity contribution in [1.29, 1.82) is 0 Å². The zero-order chi connectivity index (χ0) is 18.7. The Bertz CT molecular complexity index is 1530. The van der Waals surface area contributed by atoms with Gasteiger partial charge in [-0.25, -0.2) is 9.97 Å². The van der Waals surface area contributed by atoms with E-state index in [1.807, 2.05) is 12.3 Å². The summed E-state index contributed by atoms with van der Waals surface area (Å²) in [5.41, 5.74) is 4.48. The third-order valence-electron chi connectivity index (χ3n) is 5.37. The van der Waals surface area contributed by atoms with Crippen LogP contribution in [0.3, 0.4) is 0 Å². The van der Waals surface area contributed by atoms with E-state index in [0.29, 0.717) is 0 Å². The summed E-state index contributed by atoms with van der Waals surface area (Å²) in [6.45, 7) is 2.15. The van der Waals surface area contributed by atoms with Crippen LogP contribution >= 0.6 is 11.3 Å². The van der Waals surface area contributed by atoms with E-state index in [1.165, 1.54) is 42.8 Å². The van der Waals surface area contributed by atoms with Crippen LogP contribution in [0.5, 0.6) is 0 Å². The molecular formula is C25H16N2S. The number of benzene rings is 3. The standard InChI is InChI=1S/C25H16N2S/c1-15-13-20-19-7-4-12-26-25(19)28-24(20)21(14-15)23-11-9-18-17-6-3-2-5-16(17)8-10-22(18)27-23/h2-14H,1H3. The Balaban J connectivity index is 1.66. The molecule has 6 aromatic rings. The zero-order valence-electron chi connectivity index (χ0n) is 15.3. The van der Waals surface area contributed by atoms with Crippen LogP contribution in [-0.4, -0.2) is 9.97 Å². The summed E-state index contributed by atoms with van der Waals surface area (Å²) in [5, 5.41) is 6.18. The molecule has 3 aromatic heterocycles. The molecule has 0 spiro atoms. The molecule has 2 nitrogen and oxygen atoms in total. The monoisotopic (exact) mass is 376 g/mol. The lowest BCUT2D eigenvalue weighted by atomic mass is 10.0. The Kier molecular flexibility index (Phi) is 3.28. The Morgan fingerprint density at radius 1 is 0.750 bits per heavy atom. The van der Waals surface area contributed by atoms with Crippen molar-refractivity contribution >= 4 is 53.3 Å². The van der Waals surface area contributed by atoms with E-state index in [9.17, 15) is 0 Å². The van der Waals surface area contributed by atoms with Gasteiger partial charge < -0.3 is 0 Å². The van der Waals surface area contributed by atoms with Crippen LogP contribution in [0, 0.1) is 6.92 Å². The van der Waals surface area contributed by atoms with Crippen LogP contribution in [0.4, 0.5) is 0 Å². The highest BCUT2D eigenvalue weighted by molar-refractivity contribution is 7.26. The highest BCUT2D eigenvalue weighted by Gasteiger charge is 2.13. The fourth-order valence-electron chi connectivity index (χ4n) is 4.08. The molecule has 3 heteroatoms. The smallest absolute Gasteiger partial charge is 0.124 e. The van der Waals surface area contributed by atoms with Crippen molar-refractivity contribution in [2.24, 2.45) is 0 Å². The summed E-state index contributed by atoms with van der Waals surface area (Å²) in [5.74, 6) is 0. The fraction of sp³-hybridized carbons (Fsp3) is 0.0400. The molecule has 0 saturated carbocycles. The van der Waals surface area contributed by atoms with Crippen molar-refractivity contribution in [3.63, 3.8) is 0 Å². The van der Waals surface area contributed by atoms with Crippen LogP contribution < -0.4 is 0 Å². The predicted molar refractivity (Wildman–Crippen MR) is 120 cm³/mol. The lowest BCUT2D eigenvalue weighted by Crippen LogP contribution is -1.88. The van der Waals surface area contributed by atoms with Gasteiger partial charge >= 0.3 is 0 Å². The molecular weight excluding hydrogens is 360 g/mol. The van der Waals surface area contributed by atoms with E-state index in [-0.39, 0.29) is 0 Å². The van der Waals surface area contributed by atoms with Crippen molar-refractivity contribution in [3.8, 4) is 11.3 Å². The molecule has 0 unspecified atom stereocenters. The molecule has 0 aliphatic heterocycles. The quantitative estimate of drug-likeness (QED) is 0.285. The lowest BCUT2D eigenvalue weighted by molar-refractivity contribution is 1.40. The van der Waals surface area contributed by atoms with Gasteiger partial charge in [0.25, 0.3) is 0 Å². The Morgan fingerprint density at radius 2 is 1.64 bits per heavy atom. The summed E-state index contributed by atoms with van der Waals surface area (Å²) in [6.07, 6.45) is 1.86. The van der Waals surface area contributed by atoms with E-state index in [1.54, 1.807) is 11.3 Å². The van der Waals surface area contributed by atoms with Crippen molar-refractivity contribution < 1.29 is 0 Å². The maximum atomic E-state index is 5.04. The number of rotatable bonds is 1. The van der Waals surface area contributed by atoms with Crippen LogP contribution in [-0.2, 0) is 0 Å². The molecule has 0 fully saturated rings.